The van der Waals surface area contributed by atoms with Crippen LogP contribution in [-0.2, 0) is 27.9 Å². The summed E-state index contributed by atoms with van der Waals surface area (Å²) in [4.78, 5) is 13.5. The van der Waals surface area contributed by atoms with Crippen molar-refractivity contribution >= 4 is 38.6 Å². The molecule has 1 aromatic rings. The largest absolute Gasteiger partial charge is 0.496 e. The number of methoxy groups -OCH3 is 3. The van der Waals surface area contributed by atoms with Crippen molar-refractivity contribution in [2.75, 3.05) is 21.3 Å². The predicted octanol–water partition coefficient (Wildman–Crippen LogP) is 3.95. The van der Waals surface area contributed by atoms with Crippen molar-refractivity contribution in [3.8, 4) is 5.75 Å². The van der Waals surface area contributed by atoms with Gasteiger partial charge in [-0.05, 0) is 57.3 Å². The molecule has 0 aromatic heterocycles. The zero-order chi connectivity index (χ0) is 25.6. The van der Waals surface area contributed by atoms with E-state index in [4.69, 9.17) is 27.8 Å². The molecule has 0 amide bonds. The predicted molar refractivity (Wildman–Crippen MR) is 140 cm³/mol. The molecule has 0 aliphatic carbocycles. The molecule has 0 saturated heterocycles. The molecule has 0 spiro atoms. The smallest absolute Gasteiger partial charge is 0.379 e. The quantitative estimate of drug-likeness (QED) is 0.137. The number of benzene rings is 1. The van der Waals surface area contributed by atoms with Crippen molar-refractivity contribution in [1.82, 2.24) is 0 Å². The Hall–Kier alpha value is -1.60. The summed E-state index contributed by atoms with van der Waals surface area (Å²) in [5, 5.41) is 0. The van der Waals surface area contributed by atoms with Gasteiger partial charge in [0.1, 0.15) is 11.9 Å². The van der Waals surface area contributed by atoms with Crippen molar-refractivity contribution in [3.05, 3.63) is 35.6 Å². The van der Waals surface area contributed by atoms with E-state index >= 15 is 0 Å². The van der Waals surface area contributed by atoms with Gasteiger partial charge in [-0.3, -0.25) is 0 Å². The minimum Gasteiger partial charge on any atom is -0.496 e. The zero-order valence-electron chi connectivity index (χ0n) is 22.3. The summed E-state index contributed by atoms with van der Waals surface area (Å²) in [6.07, 6.45) is -0.401. The summed E-state index contributed by atoms with van der Waals surface area (Å²) in [5.41, 5.74) is -0.598. The lowest BCUT2D eigenvalue weighted by Crippen LogP contribution is -2.59. The Balaban J connectivity index is 3.56. The van der Waals surface area contributed by atoms with Gasteiger partial charge in [0.15, 0.2) is 27.8 Å². The van der Waals surface area contributed by atoms with Crippen LogP contribution in [-0.4, -0.2) is 65.7 Å². The maximum Gasteiger partial charge on any atom is 0.379 e. The van der Waals surface area contributed by atoms with Gasteiger partial charge in [-0.2, -0.15) is 0 Å². The van der Waals surface area contributed by atoms with Gasteiger partial charge in [0.25, 0.3) is 0 Å². The molecule has 0 N–H and O–H groups in total. The molecule has 0 bridgehead atoms. The molecule has 0 radical (unpaired) electrons. The van der Waals surface area contributed by atoms with Gasteiger partial charge in [0.2, 0.25) is 5.76 Å². The molecule has 1 aromatic carbocycles. The number of hydrogen-bond acceptors (Lipinski definition) is 7. The number of ether oxygens (including phenoxy) is 4. The van der Waals surface area contributed by atoms with Crippen molar-refractivity contribution in [1.29, 1.82) is 0 Å². The minimum absolute atomic E-state index is 0.0584. The number of rotatable bonds is 12. The molecule has 2 atom stereocenters. The highest BCUT2D eigenvalue weighted by atomic mass is 28.4. The van der Waals surface area contributed by atoms with Crippen LogP contribution in [0.3, 0.4) is 0 Å². The van der Waals surface area contributed by atoms with Gasteiger partial charge < -0.3 is 27.8 Å². The zero-order valence-corrected chi connectivity index (χ0v) is 26.3. The van der Waals surface area contributed by atoms with Crippen LogP contribution < -0.4 is 4.74 Å². The molecule has 10 heteroatoms. The normalized spacial score (nSPS) is 16.0. The lowest BCUT2D eigenvalue weighted by Gasteiger charge is -2.45. The van der Waals surface area contributed by atoms with E-state index in [0.29, 0.717) is 21.6 Å². The maximum atomic E-state index is 13.5. The van der Waals surface area contributed by atoms with Crippen molar-refractivity contribution < 1.29 is 32.6 Å². The first-order valence-corrected chi connectivity index (χ1v) is 19.0. The van der Waals surface area contributed by atoms with Crippen LogP contribution in [0.1, 0.15) is 19.4 Å². The Morgan fingerprint density at radius 2 is 1.52 bits per heavy atom. The van der Waals surface area contributed by atoms with E-state index in [0.717, 1.165) is 0 Å². The fourth-order valence-electron chi connectivity index (χ4n) is 3.63. The highest BCUT2D eigenvalue weighted by Gasteiger charge is 2.47. The maximum absolute atomic E-state index is 13.5. The summed E-state index contributed by atoms with van der Waals surface area (Å²) >= 11 is 0. The first kappa shape index (κ1) is 29.4. The number of hydrogen-bond donors (Lipinski definition) is 0. The van der Waals surface area contributed by atoms with Crippen molar-refractivity contribution in [2.24, 2.45) is 5.92 Å². The molecule has 1 rings (SSSR count). The topological polar surface area (TPSA) is 72.5 Å². The van der Waals surface area contributed by atoms with Crippen LogP contribution in [0.25, 0.3) is 5.76 Å². The van der Waals surface area contributed by atoms with Crippen LogP contribution >= 0.6 is 0 Å². The summed E-state index contributed by atoms with van der Waals surface area (Å²) in [5.74, 6) is 0.123. The molecule has 0 aliphatic rings. The Kier molecular flexibility index (Phi) is 10.4. The summed E-state index contributed by atoms with van der Waals surface area (Å²) in [7, 11) is 0.775. The molecule has 2 unspecified atom stereocenters. The Morgan fingerprint density at radius 1 is 0.939 bits per heavy atom. The second-order valence-electron chi connectivity index (χ2n) is 10.3. The summed E-state index contributed by atoms with van der Waals surface area (Å²) in [6.45, 7) is 16.7. The number of esters is 1. The monoisotopic (exact) mass is 514 g/mol. The van der Waals surface area contributed by atoms with Gasteiger partial charge in [-0.1, -0.05) is 26.0 Å². The van der Waals surface area contributed by atoms with Gasteiger partial charge in [0, 0.05) is 0 Å². The fourth-order valence-corrected chi connectivity index (χ4v) is 9.30. The number of carbonyl (C=O) groups is 1. The van der Waals surface area contributed by atoms with Crippen molar-refractivity contribution in [2.45, 2.75) is 64.6 Å². The van der Waals surface area contributed by atoms with E-state index in [1.807, 2.05) is 12.1 Å². The average Bonchev–Trinajstić information content (AvgIpc) is 2.67. The van der Waals surface area contributed by atoms with E-state index < -0.39 is 34.1 Å². The SMILES string of the molecule is COC(C(=O)OC([SiH3])(O[Si](C)(C)C)C(O[Si](C)(C)C)C(C)C)=C(OC)c1ccccc1OC. The molecule has 0 saturated carbocycles. The van der Waals surface area contributed by atoms with E-state index in [1.165, 1.54) is 14.2 Å². The molecular weight excluding hydrogens is 473 g/mol. The van der Waals surface area contributed by atoms with Gasteiger partial charge >= 0.3 is 5.97 Å². The first-order valence-electron chi connectivity index (χ1n) is 11.2. The minimum atomic E-state index is -2.12. The van der Waals surface area contributed by atoms with Crippen LogP contribution in [0, 0.1) is 5.92 Å². The van der Waals surface area contributed by atoms with Crippen LogP contribution in [0.15, 0.2) is 30.0 Å². The average molecular weight is 515 g/mol. The molecule has 7 nitrogen and oxygen atoms in total. The van der Waals surface area contributed by atoms with E-state index in [2.05, 4.69) is 53.1 Å². The van der Waals surface area contributed by atoms with E-state index in [-0.39, 0.29) is 17.4 Å². The Bertz CT molecular complexity index is 828. The van der Waals surface area contributed by atoms with Gasteiger partial charge in [-0.25, -0.2) is 4.79 Å². The molecule has 0 heterocycles. The fraction of sp³-hybridized carbons (Fsp3) is 0.609. The molecular formula is C23H42O7Si3. The van der Waals surface area contributed by atoms with Crippen LogP contribution in [0.5, 0.6) is 5.75 Å². The highest BCUT2D eigenvalue weighted by molar-refractivity contribution is 6.70. The molecule has 188 valence electrons. The Labute approximate surface area is 204 Å². The van der Waals surface area contributed by atoms with Crippen molar-refractivity contribution in [3.63, 3.8) is 0 Å². The number of carbonyl (C=O) groups excluding carboxylic acids is 1. The Morgan fingerprint density at radius 3 is 1.94 bits per heavy atom. The second kappa shape index (κ2) is 11.7. The lowest BCUT2D eigenvalue weighted by atomic mass is 10.1. The lowest BCUT2D eigenvalue weighted by molar-refractivity contribution is -0.200. The van der Waals surface area contributed by atoms with Gasteiger partial charge in [-0.15, -0.1) is 0 Å². The standard InChI is InChI=1S/C23H42O7Si3/c1-16(2)21(29-32(6,7)8)23(31,30-33(9,10)11)28-22(24)20(27-5)19(26-4)17-14-12-13-15-18(17)25-3/h12-16,21H,1-11,31H3. The third-order valence-electron chi connectivity index (χ3n) is 4.56. The summed E-state index contributed by atoms with van der Waals surface area (Å²) in [6, 6.07) is 7.25. The number of para-hydroxylation sites is 1. The highest BCUT2D eigenvalue weighted by Crippen LogP contribution is 2.33. The van der Waals surface area contributed by atoms with Crippen LogP contribution in [0.4, 0.5) is 0 Å². The first-order chi connectivity index (χ1) is 15.1. The third-order valence-corrected chi connectivity index (χ3v) is 7.92. The second-order valence-corrected chi connectivity index (χ2v) is 20.6. The van der Waals surface area contributed by atoms with E-state index in [1.54, 1.807) is 19.2 Å². The molecule has 0 aliphatic heterocycles. The summed E-state index contributed by atoms with van der Waals surface area (Å²) < 4.78 is 35.7. The van der Waals surface area contributed by atoms with Gasteiger partial charge in [0.05, 0.1) is 37.1 Å². The van der Waals surface area contributed by atoms with Crippen LogP contribution in [0.2, 0.25) is 39.3 Å². The molecule has 33 heavy (non-hydrogen) atoms. The molecule has 0 fully saturated rings. The third kappa shape index (κ3) is 8.60. The van der Waals surface area contributed by atoms with E-state index in [9.17, 15) is 4.79 Å².